The van der Waals surface area contributed by atoms with Gasteiger partial charge in [0.15, 0.2) is 12.0 Å². The van der Waals surface area contributed by atoms with Crippen molar-refractivity contribution < 1.29 is 23.4 Å². The van der Waals surface area contributed by atoms with Gasteiger partial charge in [0.1, 0.15) is 23.6 Å². The predicted molar refractivity (Wildman–Crippen MR) is 117 cm³/mol. The van der Waals surface area contributed by atoms with Crippen molar-refractivity contribution in [1.82, 2.24) is 15.1 Å². The summed E-state index contributed by atoms with van der Waals surface area (Å²) in [7, 11) is 0. The second kappa shape index (κ2) is 8.78. The van der Waals surface area contributed by atoms with Gasteiger partial charge in [0.2, 0.25) is 0 Å². The highest BCUT2D eigenvalue weighted by molar-refractivity contribution is 5.94. The van der Waals surface area contributed by atoms with E-state index in [1.165, 1.54) is 6.07 Å². The van der Waals surface area contributed by atoms with E-state index in [0.717, 1.165) is 30.4 Å². The van der Waals surface area contributed by atoms with Crippen LogP contribution in [0.3, 0.4) is 0 Å². The van der Waals surface area contributed by atoms with Crippen LogP contribution in [0.1, 0.15) is 44.4 Å². The van der Waals surface area contributed by atoms with Crippen molar-refractivity contribution in [3.05, 3.63) is 47.8 Å². The number of halogens is 1. The van der Waals surface area contributed by atoms with Gasteiger partial charge in [0.05, 0.1) is 6.10 Å². The number of carbonyl (C=O) groups is 1. The van der Waals surface area contributed by atoms with E-state index in [0.29, 0.717) is 41.9 Å². The molecular weight excluding hydrogens is 413 g/mol. The number of alkyl carbamates (subject to hydrolysis) is 1. The summed E-state index contributed by atoms with van der Waals surface area (Å²) in [5.74, 6) is 0.0381. The number of fused-ring (bicyclic) bond motifs is 4. The summed E-state index contributed by atoms with van der Waals surface area (Å²) >= 11 is 0. The van der Waals surface area contributed by atoms with Gasteiger partial charge in [-0.1, -0.05) is 18.2 Å². The van der Waals surface area contributed by atoms with Crippen LogP contribution in [0.5, 0.6) is 5.75 Å². The third kappa shape index (κ3) is 4.14. The van der Waals surface area contributed by atoms with Crippen molar-refractivity contribution in [2.24, 2.45) is 0 Å². The maximum Gasteiger partial charge on any atom is 0.407 e. The normalized spacial score (nSPS) is 21.9. The quantitative estimate of drug-likeness (QED) is 0.581. The molecule has 7 nitrogen and oxygen atoms in total. The van der Waals surface area contributed by atoms with E-state index < -0.39 is 11.9 Å². The summed E-state index contributed by atoms with van der Waals surface area (Å²) in [6.45, 7) is 3.05. The topological polar surface area (TPSA) is 74.6 Å². The number of hydrogen-bond acceptors (Lipinski definition) is 5. The fourth-order valence-corrected chi connectivity index (χ4v) is 4.28. The molecule has 1 saturated heterocycles. The number of rotatable bonds is 1. The second-order valence-electron chi connectivity index (χ2n) is 8.34. The van der Waals surface area contributed by atoms with Crippen LogP contribution in [0, 0.1) is 5.82 Å². The van der Waals surface area contributed by atoms with Gasteiger partial charge in [-0.3, -0.25) is 0 Å². The maximum atomic E-state index is 15.4. The molecule has 168 valence electrons. The zero-order chi connectivity index (χ0) is 22.1. The summed E-state index contributed by atoms with van der Waals surface area (Å²) in [6.07, 6.45) is 2.34. The van der Waals surface area contributed by atoms with E-state index in [4.69, 9.17) is 19.3 Å². The van der Waals surface area contributed by atoms with Gasteiger partial charge >= 0.3 is 6.09 Å². The highest BCUT2D eigenvalue weighted by Crippen LogP contribution is 2.37. The molecule has 0 saturated carbocycles. The Balaban J connectivity index is 1.67. The van der Waals surface area contributed by atoms with Gasteiger partial charge in [-0.25, -0.2) is 13.9 Å². The molecule has 2 aliphatic rings. The monoisotopic (exact) mass is 439 g/mol. The lowest BCUT2D eigenvalue weighted by atomic mass is 10.0. The number of carbonyl (C=O) groups excluding carboxylic acids is 1. The molecule has 1 unspecified atom stereocenters. The van der Waals surface area contributed by atoms with Crippen LogP contribution >= 0.6 is 0 Å². The van der Waals surface area contributed by atoms with E-state index in [1.54, 1.807) is 4.68 Å². The Bertz CT molecular complexity index is 1140. The van der Waals surface area contributed by atoms with E-state index in [1.807, 2.05) is 37.3 Å². The molecule has 1 fully saturated rings. The molecule has 3 aromatic rings. The highest BCUT2D eigenvalue weighted by Gasteiger charge is 2.25. The summed E-state index contributed by atoms with van der Waals surface area (Å²) in [5, 5.41) is 8.20. The summed E-state index contributed by atoms with van der Waals surface area (Å²) < 4.78 is 34.3. The first-order valence-electron chi connectivity index (χ1n) is 11.1. The molecule has 2 atom stereocenters. The molecule has 1 N–H and O–H groups in total. The minimum atomic E-state index is -0.481. The standard InChI is InChI=1S/C24H26FN3O4/c1-15-8-9-26-24(29)31-14-16-5-4-6-17(11-16)22-19-12-18(32-15)13-20(25)23(19)28(27-22)21-7-2-3-10-30-21/h4-6,11-13,15,21H,2-3,7-10,14H2,1H3,(H,26,29)/t15-,21?/m1/s1. The van der Waals surface area contributed by atoms with Crippen LogP contribution in [0.15, 0.2) is 36.4 Å². The first kappa shape index (κ1) is 20.8. The van der Waals surface area contributed by atoms with E-state index in [9.17, 15) is 4.79 Å². The van der Waals surface area contributed by atoms with Crippen molar-refractivity contribution in [3.8, 4) is 17.0 Å². The van der Waals surface area contributed by atoms with Gasteiger partial charge in [-0.2, -0.15) is 5.10 Å². The Kier molecular flexibility index (Phi) is 5.70. The third-order valence-corrected chi connectivity index (χ3v) is 5.89. The molecule has 5 rings (SSSR count). The summed E-state index contributed by atoms with van der Waals surface area (Å²) in [4.78, 5) is 12.0. The first-order chi connectivity index (χ1) is 15.6. The lowest BCUT2D eigenvalue weighted by Gasteiger charge is -2.23. The van der Waals surface area contributed by atoms with Gasteiger partial charge in [-0.15, -0.1) is 0 Å². The molecule has 1 aromatic heterocycles. The summed E-state index contributed by atoms with van der Waals surface area (Å²) in [6, 6.07) is 10.8. The molecule has 1 amide bonds. The number of ether oxygens (including phenoxy) is 3. The number of nitrogens with zero attached hydrogens (tertiary/aromatic N) is 2. The van der Waals surface area contributed by atoms with E-state index in [-0.39, 0.29) is 18.9 Å². The lowest BCUT2D eigenvalue weighted by molar-refractivity contribution is -0.0368. The van der Waals surface area contributed by atoms with E-state index in [2.05, 4.69) is 5.32 Å². The fourth-order valence-electron chi connectivity index (χ4n) is 4.28. The number of benzene rings is 2. The SMILES string of the molecule is C[C@@H]1CCNC(=O)OCc2cccc(c2)-c2nn(C3CCCCO3)c3c(F)cc(cc23)O1. The van der Waals surface area contributed by atoms with Crippen molar-refractivity contribution >= 4 is 17.0 Å². The molecular formula is C24H26FN3O4. The van der Waals surface area contributed by atoms with Crippen LogP contribution < -0.4 is 10.1 Å². The predicted octanol–water partition coefficient (Wildman–Crippen LogP) is 4.94. The molecule has 32 heavy (non-hydrogen) atoms. The Labute approximate surface area is 185 Å². The molecule has 0 aliphatic carbocycles. The lowest BCUT2D eigenvalue weighted by Crippen LogP contribution is -2.28. The third-order valence-electron chi connectivity index (χ3n) is 5.89. The van der Waals surface area contributed by atoms with Crippen LogP contribution in [0.2, 0.25) is 0 Å². The smallest absolute Gasteiger partial charge is 0.407 e. The van der Waals surface area contributed by atoms with Crippen molar-refractivity contribution in [3.63, 3.8) is 0 Å². The van der Waals surface area contributed by atoms with E-state index >= 15 is 4.39 Å². The molecule has 0 spiro atoms. The largest absolute Gasteiger partial charge is 0.491 e. The van der Waals surface area contributed by atoms with Crippen LogP contribution in [-0.4, -0.2) is 35.1 Å². The van der Waals surface area contributed by atoms with Crippen molar-refractivity contribution in [1.29, 1.82) is 0 Å². The number of aromatic nitrogens is 2. The van der Waals surface area contributed by atoms with Crippen molar-refractivity contribution in [2.75, 3.05) is 13.2 Å². The van der Waals surface area contributed by atoms with Gasteiger partial charge in [0, 0.05) is 36.6 Å². The average molecular weight is 439 g/mol. The first-order valence-corrected chi connectivity index (χ1v) is 11.1. The highest BCUT2D eigenvalue weighted by atomic mass is 19.1. The Morgan fingerprint density at radius 3 is 2.94 bits per heavy atom. The zero-order valence-electron chi connectivity index (χ0n) is 18.0. The average Bonchev–Trinajstić information content (AvgIpc) is 3.18. The van der Waals surface area contributed by atoms with Crippen LogP contribution in [-0.2, 0) is 16.1 Å². The Morgan fingerprint density at radius 2 is 2.09 bits per heavy atom. The maximum absolute atomic E-state index is 15.4. The van der Waals surface area contributed by atoms with Crippen LogP contribution in [0.25, 0.3) is 22.2 Å². The van der Waals surface area contributed by atoms with Crippen molar-refractivity contribution in [2.45, 2.75) is 51.5 Å². The molecule has 3 heterocycles. The molecule has 2 aromatic carbocycles. The summed E-state index contributed by atoms with van der Waals surface area (Å²) in [5.41, 5.74) is 2.69. The number of amides is 1. The van der Waals surface area contributed by atoms with Gasteiger partial charge in [-0.05, 0) is 43.9 Å². The van der Waals surface area contributed by atoms with Crippen LogP contribution in [0.4, 0.5) is 9.18 Å². The Morgan fingerprint density at radius 1 is 1.19 bits per heavy atom. The minimum Gasteiger partial charge on any atom is -0.491 e. The molecule has 4 bridgehead atoms. The number of hydrogen-bond donors (Lipinski definition) is 1. The van der Waals surface area contributed by atoms with Gasteiger partial charge < -0.3 is 19.5 Å². The second-order valence-corrected chi connectivity index (χ2v) is 8.34. The van der Waals surface area contributed by atoms with Gasteiger partial charge in [0.25, 0.3) is 0 Å². The zero-order valence-corrected chi connectivity index (χ0v) is 18.0. The number of nitrogens with one attached hydrogen (secondary N) is 1. The minimum absolute atomic E-state index is 0.135. The molecule has 8 heteroatoms. The fraction of sp³-hybridized carbons (Fsp3) is 0.417. The molecule has 0 radical (unpaired) electrons. The molecule has 2 aliphatic heterocycles. The number of cyclic esters (lactones) is 1. The Hall–Kier alpha value is -3.13.